The number of hydrogen-bond acceptors (Lipinski definition) is 2. The average molecular weight is 264 g/mol. The number of aromatic amines is 2. The zero-order valence-corrected chi connectivity index (χ0v) is 10.8. The van der Waals surface area contributed by atoms with Crippen LogP contribution in [0.25, 0.3) is 47.9 Å². The normalized spacial score (nSPS) is 11.2. The summed E-state index contributed by atoms with van der Waals surface area (Å²) < 4.78 is 0. The van der Waals surface area contributed by atoms with Gasteiger partial charge < -0.3 is 9.97 Å². The van der Waals surface area contributed by atoms with E-state index in [0.29, 0.717) is 42.7 Å². The maximum atomic E-state index is 12.0. The molecule has 2 heterocycles. The smallest absolute Gasteiger partial charge is 0.256 e. The summed E-state index contributed by atoms with van der Waals surface area (Å²) in [7, 11) is 0. The first kappa shape index (κ1) is 12.2. The Morgan fingerprint density at radius 2 is 1.05 bits per heavy atom. The zero-order valence-electron chi connectivity index (χ0n) is 10.8. The number of fused-ring (bicyclic) bond motifs is 3. The van der Waals surface area contributed by atoms with Gasteiger partial charge in [0.25, 0.3) is 11.1 Å². The Hall–Kier alpha value is -2.88. The molecular weight excluding hydrogens is 252 g/mol. The van der Waals surface area contributed by atoms with Gasteiger partial charge in [-0.15, -0.1) is 0 Å². The highest BCUT2D eigenvalue weighted by molar-refractivity contribution is 6.07. The van der Waals surface area contributed by atoms with Crippen LogP contribution in [-0.4, -0.2) is 9.97 Å². The van der Waals surface area contributed by atoms with Crippen LogP contribution < -0.4 is 32.3 Å². The van der Waals surface area contributed by atoms with Crippen LogP contribution in [-0.2, 0) is 0 Å². The van der Waals surface area contributed by atoms with Crippen LogP contribution in [0.15, 0.2) is 21.7 Å². The molecule has 0 atom stereocenters. The van der Waals surface area contributed by atoms with Crippen molar-refractivity contribution < 1.29 is 0 Å². The first-order valence-electron chi connectivity index (χ1n) is 5.98. The molecule has 0 amide bonds. The lowest BCUT2D eigenvalue weighted by Crippen LogP contribution is -2.37. The molecule has 0 aliphatic carbocycles. The lowest BCUT2D eigenvalue weighted by molar-refractivity contribution is 1.19. The van der Waals surface area contributed by atoms with Gasteiger partial charge in [-0.2, -0.15) is 0 Å². The van der Waals surface area contributed by atoms with E-state index in [1.807, 2.05) is 0 Å². The van der Waals surface area contributed by atoms with Gasteiger partial charge in [0.05, 0.1) is 0 Å². The number of pyridine rings is 2. The maximum Gasteiger partial charge on any atom is 0.256 e. The highest BCUT2D eigenvalue weighted by atomic mass is 16.1. The van der Waals surface area contributed by atoms with Crippen LogP contribution in [0, 0.1) is 0 Å². The molecule has 20 heavy (non-hydrogen) atoms. The highest BCUT2D eigenvalue weighted by Gasteiger charge is 2.09. The van der Waals surface area contributed by atoms with Crippen molar-refractivity contribution in [3.63, 3.8) is 0 Å². The van der Waals surface area contributed by atoms with Crippen molar-refractivity contribution in [1.82, 2.24) is 9.97 Å². The number of hydrogen-bond donors (Lipinski definition) is 2. The predicted molar refractivity (Wildman–Crippen MR) is 83.3 cm³/mol. The van der Waals surface area contributed by atoms with Crippen molar-refractivity contribution in [1.29, 1.82) is 0 Å². The molecule has 0 fully saturated rings. The monoisotopic (exact) mass is 264 g/mol. The van der Waals surface area contributed by atoms with Gasteiger partial charge in [0.15, 0.2) is 0 Å². The van der Waals surface area contributed by atoms with Crippen molar-refractivity contribution in [3.8, 4) is 0 Å². The van der Waals surface area contributed by atoms with Crippen LogP contribution >= 0.6 is 0 Å². The summed E-state index contributed by atoms with van der Waals surface area (Å²) in [5.74, 6) is 0. The summed E-state index contributed by atoms with van der Waals surface area (Å²) in [4.78, 5) is 29.3. The number of rotatable bonds is 0. The fourth-order valence-electron chi connectivity index (χ4n) is 2.47. The Balaban J connectivity index is 2.98. The molecular formula is C16H12N2O2. The summed E-state index contributed by atoms with van der Waals surface area (Å²) in [5.41, 5.74) is -0.519. The SMILES string of the molecule is C=c1[nH]c(=O)c2ccc3c(=O)[nH]c(=C)c(=C)c3c2c1=C. The van der Waals surface area contributed by atoms with Crippen molar-refractivity contribution in [3.05, 3.63) is 54.0 Å². The molecule has 4 nitrogen and oxygen atoms in total. The molecule has 0 aliphatic rings. The summed E-state index contributed by atoms with van der Waals surface area (Å²) >= 11 is 0. The number of H-pyrrole nitrogens is 2. The molecule has 3 rings (SSSR count). The van der Waals surface area contributed by atoms with E-state index in [2.05, 4.69) is 36.3 Å². The van der Waals surface area contributed by atoms with E-state index in [-0.39, 0.29) is 11.1 Å². The largest absolute Gasteiger partial charge is 0.322 e. The van der Waals surface area contributed by atoms with Crippen molar-refractivity contribution >= 4 is 47.9 Å². The Labute approximate surface area is 112 Å². The van der Waals surface area contributed by atoms with Gasteiger partial charge in [0.2, 0.25) is 0 Å². The minimum Gasteiger partial charge on any atom is -0.322 e. The van der Waals surface area contributed by atoms with E-state index in [4.69, 9.17) is 0 Å². The molecule has 0 unspecified atom stereocenters. The van der Waals surface area contributed by atoms with E-state index in [0.717, 1.165) is 0 Å². The second-order valence-electron chi connectivity index (χ2n) is 4.73. The standard InChI is InChI=1S/C16H12N2O2/c1-7-9(3)17-15(19)11-5-6-12-14(13(7)11)8(2)10(4)18-16(12)20/h5-6H,1-4H2,(H,17,19)(H,18,20). The molecule has 4 heteroatoms. The van der Waals surface area contributed by atoms with Crippen LogP contribution in [0.1, 0.15) is 0 Å². The number of aromatic nitrogens is 2. The Bertz CT molecular complexity index is 1100. The van der Waals surface area contributed by atoms with E-state index in [9.17, 15) is 9.59 Å². The third-order valence-electron chi connectivity index (χ3n) is 3.56. The van der Waals surface area contributed by atoms with Crippen LogP contribution in [0.3, 0.4) is 0 Å². The Morgan fingerprint density at radius 1 is 0.700 bits per heavy atom. The lowest BCUT2D eigenvalue weighted by Gasteiger charge is -2.05. The van der Waals surface area contributed by atoms with Gasteiger partial charge in [-0.3, -0.25) is 9.59 Å². The van der Waals surface area contributed by atoms with Gasteiger partial charge in [-0.1, -0.05) is 26.3 Å². The molecule has 0 aliphatic heterocycles. The minimum absolute atomic E-state index is 0.260. The topological polar surface area (TPSA) is 65.7 Å². The van der Waals surface area contributed by atoms with Crippen molar-refractivity contribution in [2.24, 2.45) is 0 Å². The van der Waals surface area contributed by atoms with E-state index in [1.54, 1.807) is 12.1 Å². The molecule has 0 bridgehead atoms. The summed E-state index contributed by atoms with van der Waals surface area (Å²) in [6.45, 7) is 15.4. The van der Waals surface area contributed by atoms with E-state index < -0.39 is 0 Å². The quantitative estimate of drug-likeness (QED) is 0.512. The fourth-order valence-corrected chi connectivity index (χ4v) is 2.47. The Morgan fingerprint density at radius 3 is 1.40 bits per heavy atom. The third kappa shape index (κ3) is 1.42. The molecule has 0 saturated carbocycles. The zero-order chi connectivity index (χ0) is 14.6. The van der Waals surface area contributed by atoms with Gasteiger partial charge in [0.1, 0.15) is 0 Å². The molecule has 0 saturated heterocycles. The summed E-state index contributed by atoms with van der Waals surface area (Å²) in [6.07, 6.45) is 0. The maximum absolute atomic E-state index is 12.0. The van der Waals surface area contributed by atoms with Crippen LogP contribution in [0.2, 0.25) is 0 Å². The van der Waals surface area contributed by atoms with Crippen LogP contribution in [0.5, 0.6) is 0 Å². The fraction of sp³-hybridized carbons (Fsp3) is 0. The minimum atomic E-state index is -0.260. The van der Waals surface area contributed by atoms with Crippen LogP contribution in [0.4, 0.5) is 0 Å². The molecule has 98 valence electrons. The molecule has 2 aromatic heterocycles. The van der Waals surface area contributed by atoms with Gasteiger partial charge in [-0.05, 0) is 22.6 Å². The van der Waals surface area contributed by atoms with Crippen molar-refractivity contribution in [2.75, 3.05) is 0 Å². The summed E-state index contributed by atoms with van der Waals surface area (Å²) in [6, 6.07) is 3.23. The lowest BCUT2D eigenvalue weighted by atomic mass is 10.0. The molecule has 0 spiro atoms. The molecule has 1 aromatic carbocycles. The highest BCUT2D eigenvalue weighted by Crippen LogP contribution is 2.12. The third-order valence-corrected chi connectivity index (χ3v) is 3.56. The second kappa shape index (κ2) is 3.81. The second-order valence-corrected chi connectivity index (χ2v) is 4.73. The van der Waals surface area contributed by atoms with Gasteiger partial charge in [0, 0.05) is 32.2 Å². The molecule has 2 N–H and O–H groups in total. The average Bonchev–Trinajstić information content (AvgIpc) is 2.41. The first-order valence-corrected chi connectivity index (χ1v) is 5.98. The molecule has 0 radical (unpaired) electrons. The van der Waals surface area contributed by atoms with Gasteiger partial charge >= 0.3 is 0 Å². The Kier molecular flexibility index (Phi) is 2.32. The number of benzene rings is 1. The predicted octanol–water partition coefficient (Wildman–Crippen LogP) is -0.989. The summed E-state index contributed by atoms with van der Waals surface area (Å²) in [5, 5.41) is 4.17. The van der Waals surface area contributed by atoms with Gasteiger partial charge in [-0.25, -0.2) is 0 Å². The van der Waals surface area contributed by atoms with Crippen molar-refractivity contribution in [2.45, 2.75) is 0 Å². The van der Waals surface area contributed by atoms with E-state index in [1.165, 1.54) is 0 Å². The van der Waals surface area contributed by atoms with E-state index >= 15 is 0 Å². The first-order chi connectivity index (χ1) is 9.41. The number of nitrogens with one attached hydrogen (secondary N) is 2. The molecule has 3 aromatic rings.